The van der Waals surface area contributed by atoms with E-state index in [0.29, 0.717) is 44.1 Å². The van der Waals surface area contributed by atoms with Crippen molar-refractivity contribution in [3.8, 4) is 22.3 Å². The van der Waals surface area contributed by atoms with Crippen molar-refractivity contribution in [3.63, 3.8) is 0 Å². The summed E-state index contributed by atoms with van der Waals surface area (Å²) in [6, 6.07) is 20.6. The molecule has 0 radical (unpaired) electrons. The van der Waals surface area contributed by atoms with Gasteiger partial charge >= 0.3 is 7.12 Å². The number of hydrogen-bond donors (Lipinski definition) is 0. The van der Waals surface area contributed by atoms with Crippen LogP contribution in [-0.2, 0) is 82.8 Å². The Morgan fingerprint density at radius 3 is 1.41 bits per heavy atom. The zero-order valence-corrected chi connectivity index (χ0v) is 49.3. The van der Waals surface area contributed by atoms with Gasteiger partial charge in [-0.25, -0.2) is 34.7 Å². The molecule has 0 unspecified atom stereocenters. The van der Waals surface area contributed by atoms with Gasteiger partial charge in [0.05, 0.1) is 59.8 Å². The molecule has 6 aromatic heterocycles. The van der Waals surface area contributed by atoms with Crippen molar-refractivity contribution < 1.29 is 65.5 Å². The smallest absolute Gasteiger partial charge is 0.400 e. The van der Waals surface area contributed by atoms with Gasteiger partial charge in [-0.05, 0) is 109 Å². The molecule has 23 heteroatoms. The summed E-state index contributed by atoms with van der Waals surface area (Å²) in [7, 11) is -4.13. The molecule has 0 saturated carbocycles. The molecule has 0 amide bonds. The third kappa shape index (κ3) is 12.5. The fraction of sp³-hybridized carbons (Fsp3) is 0.390. The van der Waals surface area contributed by atoms with Gasteiger partial charge in [-0.2, -0.15) is 10.2 Å². The van der Waals surface area contributed by atoms with Gasteiger partial charge in [0, 0.05) is 135 Å². The summed E-state index contributed by atoms with van der Waals surface area (Å²) < 4.78 is 95.1. The van der Waals surface area contributed by atoms with Crippen molar-refractivity contribution in [2.75, 3.05) is 26.4 Å². The molecule has 3 aliphatic heterocycles. The number of rotatable bonds is 8. The third-order valence-electron chi connectivity index (χ3n) is 15.3. The van der Waals surface area contributed by atoms with E-state index >= 15 is 0 Å². The van der Waals surface area contributed by atoms with Gasteiger partial charge in [-0.1, -0.05) is 70.8 Å². The first-order valence-electron chi connectivity index (χ1n) is 25.8. The van der Waals surface area contributed by atoms with Gasteiger partial charge in [0.1, 0.15) is 0 Å². The number of fused-ring (bicyclic) bond motifs is 2. The molecule has 0 atom stereocenters. The van der Waals surface area contributed by atoms with Gasteiger partial charge in [-0.15, -0.1) is 0 Å². The first-order valence-corrected chi connectivity index (χ1v) is 29.5. The second-order valence-electron chi connectivity index (χ2n) is 21.0. The minimum absolute atomic E-state index is 0. The van der Waals surface area contributed by atoms with Gasteiger partial charge in [0.25, 0.3) is 20.0 Å². The summed E-state index contributed by atoms with van der Waals surface area (Å²) in [5, 5.41) is 9.96. The number of allylic oxidation sites excluding steroid dienone is 2. The van der Waals surface area contributed by atoms with Crippen molar-refractivity contribution in [1.29, 1.82) is 0 Å². The summed E-state index contributed by atoms with van der Waals surface area (Å²) >= 11 is 3.41. The zero-order chi connectivity index (χ0) is 54.7. The Morgan fingerprint density at radius 2 is 1.00 bits per heavy atom. The topological polar surface area (TPSA) is 195 Å². The second kappa shape index (κ2) is 25.0. The predicted molar refractivity (Wildman–Crippen MR) is 319 cm³/mol. The first-order chi connectivity index (χ1) is 37.3. The molecule has 18 nitrogen and oxygen atoms in total. The summed E-state index contributed by atoms with van der Waals surface area (Å²) in [5.74, 6) is -0.859. The van der Waals surface area contributed by atoms with Crippen LogP contribution in [0.25, 0.3) is 49.9 Å². The Kier molecular flexibility index (Phi) is 19.6. The standard InChI is InChI=1S/C25H24N4O4S.C17H13BrN4O2S.C14H23BO4.3CH4.Pd/c1-28-16-20(15-27-28)23-17-29(34(30,31)21-5-3-2-4-6-21)24-22(23)13-19(14-26-24)18-7-9-25(10-8-18)32-11-12-33-25;1-21-10-12(8-20-21)16-11-22(17-15(16)7-13(18)9-19-17)25(23,24)14-5-3-2-4-6-14;1-12(2)13(3,4)19-15(18-12)11-5-7-14(8-6-11)16-9-10-17-14;;;;/h2-7,13-17H,8-12H2,1H3;2-11H,1H3;5H,6-10H2,1-4H3;3*1H4;. The Labute approximate surface area is 504 Å². The quantitative estimate of drug-likeness (QED) is 0.130. The van der Waals surface area contributed by atoms with Gasteiger partial charge in [0.2, 0.25) is 0 Å². The van der Waals surface area contributed by atoms with E-state index in [1.165, 1.54) is 13.4 Å². The SMILES string of the molecule is C.C.C.CC1(C)OB(C2=CCC3(CC2)OCCO3)OC1(C)C.Cn1cc(-c2cn(S(=O)(=O)c3ccccc3)c3ncc(Br)cc23)cn1.Cn1cc(-c2cn(S(=O)(=O)c3ccccc3)c3ncc(C4=CCC5(CC4)OCCO5)cc23)cn1.[Pd]. The van der Waals surface area contributed by atoms with Crippen molar-refractivity contribution in [2.24, 2.45) is 14.1 Å². The molecular formula is C59H72BBrN8O10PdS2. The van der Waals surface area contributed by atoms with E-state index in [-0.39, 0.29) is 76.6 Å². The normalized spacial score (nSPS) is 18.5. The number of aromatic nitrogens is 8. The predicted octanol–water partition coefficient (Wildman–Crippen LogP) is 11.8. The van der Waals surface area contributed by atoms with E-state index in [2.05, 4.69) is 75.9 Å². The molecule has 440 valence electrons. The molecule has 3 saturated heterocycles. The van der Waals surface area contributed by atoms with E-state index in [1.807, 2.05) is 38.6 Å². The van der Waals surface area contributed by atoms with Crippen molar-refractivity contribution >= 4 is 70.7 Å². The van der Waals surface area contributed by atoms with Crippen LogP contribution in [0.3, 0.4) is 0 Å². The van der Waals surface area contributed by atoms with Crippen molar-refractivity contribution in [1.82, 2.24) is 37.5 Å². The average Bonchev–Trinajstić information content (AvgIpc) is 2.72. The molecule has 2 spiro atoms. The molecule has 5 aliphatic rings. The third-order valence-corrected chi connectivity index (χ3v) is 19.0. The van der Waals surface area contributed by atoms with E-state index in [4.69, 9.17) is 28.3 Å². The van der Waals surface area contributed by atoms with Gasteiger partial charge in [0.15, 0.2) is 22.9 Å². The summed E-state index contributed by atoms with van der Waals surface area (Å²) in [4.78, 5) is 9.41. The molecule has 2 aromatic carbocycles. The molecule has 82 heavy (non-hydrogen) atoms. The van der Waals surface area contributed by atoms with Gasteiger partial charge in [-0.3, -0.25) is 9.36 Å². The average molecular weight is 1310 g/mol. The maximum Gasteiger partial charge on any atom is 0.490 e. The number of aryl methyl sites for hydroxylation is 2. The van der Waals surface area contributed by atoms with Gasteiger partial charge < -0.3 is 28.3 Å². The fourth-order valence-electron chi connectivity index (χ4n) is 10.3. The van der Waals surface area contributed by atoms with E-state index in [0.717, 1.165) is 80.7 Å². The number of hydrogen-bond acceptors (Lipinski definition) is 14. The molecule has 8 aromatic rings. The molecule has 0 N–H and O–H groups in total. The summed E-state index contributed by atoms with van der Waals surface area (Å²) in [6.07, 6.45) is 23.0. The molecule has 3 fully saturated rings. The minimum atomic E-state index is -3.82. The van der Waals surface area contributed by atoms with Crippen LogP contribution in [0.2, 0.25) is 0 Å². The molecule has 9 heterocycles. The number of pyridine rings is 2. The Bertz CT molecular complexity index is 3820. The second-order valence-corrected chi connectivity index (χ2v) is 25.5. The number of ether oxygens (including phenoxy) is 4. The monoisotopic (exact) mass is 1310 g/mol. The number of nitrogens with zero attached hydrogens (tertiary/aromatic N) is 8. The van der Waals surface area contributed by atoms with Crippen LogP contribution in [0.5, 0.6) is 0 Å². The Hall–Kier alpha value is -5.41. The largest absolute Gasteiger partial charge is 0.490 e. The van der Waals surface area contributed by atoms with Crippen LogP contribution in [0.4, 0.5) is 0 Å². The van der Waals surface area contributed by atoms with Crippen LogP contribution in [0.1, 0.15) is 94.1 Å². The van der Waals surface area contributed by atoms with Crippen molar-refractivity contribution in [3.05, 3.63) is 150 Å². The Balaban J connectivity index is 0.000000180. The molecule has 13 rings (SSSR count). The number of halogens is 1. The molecule has 0 bridgehead atoms. The number of benzene rings is 2. The van der Waals surface area contributed by atoms with E-state index in [1.54, 1.807) is 107 Å². The van der Waals surface area contributed by atoms with E-state index < -0.39 is 25.8 Å². The van der Waals surface area contributed by atoms with Crippen LogP contribution in [-0.4, -0.2) is 111 Å². The summed E-state index contributed by atoms with van der Waals surface area (Å²) in [5.41, 5.74) is 6.78. The van der Waals surface area contributed by atoms with Crippen LogP contribution in [0, 0.1) is 0 Å². The maximum atomic E-state index is 13.5. The molecule has 2 aliphatic carbocycles. The minimum Gasteiger partial charge on any atom is -0.400 e. The Morgan fingerprint density at radius 1 is 0.561 bits per heavy atom. The first kappa shape index (κ1) is 64.2. The maximum absolute atomic E-state index is 13.5. The van der Waals surface area contributed by atoms with Crippen LogP contribution in [0.15, 0.2) is 154 Å². The van der Waals surface area contributed by atoms with E-state index in [9.17, 15) is 16.8 Å². The van der Waals surface area contributed by atoms with Crippen LogP contribution < -0.4 is 0 Å². The zero-order valence-electron chi connectivity index (χ0n) is 44.5. The van der Waals surface area contributed by atoms with Crippen molar-refractivity contribution in [2.45, 2.75) is 121 Å². The molecular weight excluding hydrogens is 1240 g/mol. The van der Waals surface area contributed by atoms with Crippen LogP contribution >= 0.6 is 15.9 Å². The fourth-order valence-corrected chi connectivity index (χ4v) is 13.3. The summed E-state index contributed by atoms with van der Waals surface area (Å²) in [6.45, 7) is 11.0.